The molecule has 0 aromatic carbocycles. The second-order valence-corrected chi connectivity index (χ2v) is 3.36. The van der Waals surface area contributed by atoms with Crippen LogP contribution in [0.3, 0.4) is 0 Å². The average Bonchev–Trinajstić information content (AvgIpc) is 2.59. The van der Waals surface area contributed by atoms with Crippen molar-refractivity contribution in [3.63, 3.8) is 0 Å². The first-order valence-electron chi connectivity index (χ1n) is 4.79. The molecule has 1 aromatic rings. The molecule has 1 aliphatic heterocycles. The molecule has 1 N–H and O–H groups in total. The molecule has 76 valence electrons. The van der Waals surface area contributed by atoms with Crippen LogP contribution in [0.5, 0.6) is 5.75 Å². The first kappa shape index (κ1) is 9.27. The Kier molecular flexibility index (Phi) is 2.54. The van der Waals surface area contributed by atoms with E-state index in [0.717, 1.165) is 18.5 Å². The minimum atomic E-state index is -0.00550. The molecule has 4 nitrogen and oxygen atoms in total. The average molecular weight is 195 g/mol. The van der Waals surface area contributed by atoms with Gasteiger partial charge in [-0.05, 0) is 12.8 Å². The largest absolute Gasteiger partial charge is 0.490 e. The molecule has 14 heavy (non-hydrogen) atoms. The first-order valence-corrected chi connectivity index (χ1v) is 4.79. The van der Waals surface area contributed by atoms with E-state index in [1.54, 1.807) is 10.8 Å². The number of carbonyl (C=O) groups excluding carboxylic acids is 1. The van der Waals surface area contributed by atoms with Crippen molar-refractivity contribution in [3.8, 4) is 5.75 Å². The Morgan fingerprint density at radius 1 is 1.50 bits per heavy atom. The van der Waals surface area contributed by atoms with E-state index in [0.29, 0.717) is 12.2 Å². The topological polar surface area (TPSA) is 51.5 Å². The number of fused-ring (bicyclic) bond motifs is 1. The van der Waals surface area contributed by atoms with Crippen LogP contribution in [0.25, 0.3) is 0 Å². The lowest BCUT2D eigenvalue weighted by Crippen LogP contribution is -2.17. The molecule has 0 bridgehead atoms. The fourth-order valence-electron chi connectivity index (χ4n) is 1.69. The van der Waals surface area contributed by atoms with Gasteiger partial charge in [-0.1, -0.05) is 0 Å². The quantitative estimate of drug-likeness (QED) is 0.777. The van der Waals surface area contributed by atoms with Crippen molar-refractivity contribution in [2.24, 2.45) is 0 Å². The third-order valence-corrected chi connectivity index (χ3v) is 2.33. The standard InChI is InChI=1S/C10H13NO3/c12-4-5-14-9-6-8-2-1-3-10(13)11(8)7-9/h6-7,12H,1-5H2. The number of carbonyl (C=O) groups is 1. The first-order chi connectivity index (χ1) is 6.81. The van der Waals surface area contributed by atoms with Gasteiger partial charge in [-0.25, -0.2) is 0 Å². The minimum Gasteiger partial charge on any atom is -0.490 e. The zero-order valence-electron chi connectivity index (χ0n) is 7.90. The summed E-state index contributed by atoms with van der Waals surface area (Å²) in [6.07, 6.45) is 4.16. The van der Waals surface area contributed by atoms with E-state index in [2.05, 4.69) is 0 Å². The highest BCUT2D eigenvalue weighted by Crippen LogP contribution is 2.22. The Bertz CT molecular complexity index is 343. The molecule has 4 heteroatoms. The van der Waals surface area contributed by atoms with E-state index in [1.807, 2.05) is 6.07 Å². The van der Waals surface area contributed by atoms with E-state index in [9.17, 15) is 4.79 Å². The molecule has 1 aromatic heterocycles. The van der Waals surface area contributed by atoms with E-state index < -0.39 is 0 Å². The van der Waals surface area contributed by atoms with Crippen LogP contribution in [0.4, 0.5) is 0 Å². The Morgan fingerprint density at radius 3 is 3.07 bits per heavy atom. The summed E-state index contributed by atoms with van der Waals surface area (Å²) in [5, 5.41) is 8.58. The smallest absolute Gasteiger partial charge is 0.230 e. The van der Waals surface area contributed by atoms with Crippen molar-refractivity contribution in [1.29, 1.82) is 0 Å². The van der Waals surface area contributed by atoms with Crippen LogP contribution < -0.4 is 4.74 Å². The number of aromatic nitrogens is 1. The Morgan fingerprint density at radius 2 is 2.36 bits per heavy atom. The Hall–Kier alpha value is -1.29. The normalized spacial score (nSPS) is 15.4. The lowest BCUT2D eigenvalue weighted by molar-refractivity contribution is 0.0883. The third kappa shape index (κ3) is 1.65. The fourth-order valence-corrected chi connectivity index (χ4v) is 1.69. The number of aliphatic hydroxyl groups excluding tert-OH is 1. The maximum absolute atomic E-state index is 11.4. The number of aliphatic hydroxyl groups is 1. The lowest BCUT2D eigenvalue weighted by atomic mass is 10.1. The van der Waals surface area contributed by atoms with Crippen LogP contribution in [0.2, 0.25) is 0 Å². The van der Waals surface area contributed by atoms with Gasteiger partial charge in [0.2, 0.25) is 5.91 Å². The van der Waals surface area contributed by atoms with Gasteiger partial charge in [0.25, 0.3) is 0 Å². The highest BCUT2D eigenvalue weighted by molar-refractivity contribution is 5.81. The summed E-state index contributed by atoms with van der Waals surface area (Å²) in [5.74, 6) is 0.800. The maximum atomic E-state index is 11.4. The Balaban J connectivity index is 2.17. The van der Waals surface area contributed by atoms with Gasteiger partial charge in [-0.2, -0.15) is 0 Å². The van der Waals surface area contributed by atoms with Gasteiger partial charge in [0.1, 0.15) is 12.4 Å². The van der Waals surface area contributed by atoms with Crippen LogP contribution in [0.1, 0.15) is 23.3 Å². The molecule has 0 spiro atoms. The van der Waals surface area contributed by atoms with Crippen LogP contribution in [-0.4, -0.2) is 28.8 Å². The van der Waals surface area contributed by atoms with Crippen molar-refractivity contribution in [2.45, 2.75) is 19.3 Å². The molecule has 2 rings (SSSR count). The second-order valence-electron chi connectivity index (χ2n) is 3.36. The third-order valence-electron chi connectivity index (χ3n) is 2.33. The molecule has 2 heterocycles. The van der Waals surface area contributed by atoms with Gasteiger partial charge in [0, 0.05) is 18.2 Å². The maximum Gasteiger partial charge on any atom is 0.230 e. The molecule has 0 unspecified atom stereocenters. The monoisotopic (exact) mass is 195 g/mol. The van der Waals surface area contributed by atoms with Gasteiger partial charge >= 0.3 is 0 Å². The molecule has 0 atom stereocenters. The van der Waals surface area contributed by atoms with Crippen LogP contribution in [0, 0.1) is 0 Å². The molecule has 1 aliphatic rings. The highest BCUT2D eigenvalue weighted by atomic mass is 16.5. The van der Waals surface area contributed by atoms with E-state index in [4.69, 9.17) is 9.84 Å². The summed E-state index contributed by atoms with van der Waals surface area (Å²) in [6, 6.07) is 1.87. The van der Waals surface area contributed by atoms with E-state index in [1.165, 1.54) is 0 Å². The van der Waals surface area contributed by atoms with Gasteiger partial charge in [0.15, 0.2) is 0 Å². The zero-order chi connectivity index (χ0) is 9.97. The molecular weight excluding hydrogens is 182 g/mol. The van der Waals surface area contributed by atoms with Gasteiger partial charge in [-0.3, -0.25) is 9.36 Å². The van der Waals surface area contributed by atoms with Gasteiger partial charge in [-0.15, -0.1) is 0 Å². The zero-order valence-corrected chi connectivity index (χ0v) is 7.90. The number of rotatable bonds is 3. The number of nitrogens with zero attached hydrogens (tertiary/aromatic N) is 1. The van der Waals surface area contributed by atoms with Crippen molar-refractivity contribution in [2.75, 3.05) is 13.2 Å². The summed E-state index contributed by atoms with van der Waals surface area (Å²) >= 11 is 0. The number of aryl methyl sites for hydroxylation is 1. The predicted molar refractivity (Wildman–Crippen MR) is 50.6 cm³/mol. The highest BCUT2D eigenvalue weighted by Gasteiger charge is 2.17. The van der Waals surface area contributed by atoms with Gasteiger partial charge < -0.3 is 9.84 Å². The number of hydrogen-bond donors (Lipinski definition) is 1. The summed E-state index contributed by atoms with van der Waals surface area (Å²) in [7, 11) is 0. The van der Waals surface area contributed by atoms with Crippen molar-refractivity contribution in [1.82, 2.24) is 4.57 Å². The Labute approximate surface area is 82.1 Å². The van der Waals surface area contributed by atoms with Crippen LogP contribution >= 0.6 is 0 Å². The molecule has 0 aliphatic carbocycles. The SMILES string of the molecule is O=C1CCCc2cc(OCCO)cn21. The van der Waals surface area contributed by atoms with Crippen LogP contribution in [-0.2, 0) is 6.42 Å². The van der Waals surface area contributed by atoms with Crippen LogP contribution in [0.15, 0.2) is 12.3 Å². The molecular formula is C10H13NO3. The minimum absolute atomic E-state index is 0.00550. The molecule has 0 saturated heterocycles. The second kappa shape index (κ2) is 3.84. The molecule has 0 radical (unpaired) electrons. The molecule has 0 amide bonds. The predicted octanol–water partition coefficient (Wildman–Crippen LogP) is 0.836. The molecule has 0 saturated carbocycles. The fraction of sp³-hybridized carbons (Fsp3) is 0.500. The lowest BCUT2D eigenvalue weighted by Gasteiger charge is -2.11. The summed E-state index contributed by atoms with van der Waals surface area (Å²) in [6.45, 7) is 0.270. The van der Waals surface area contributed by atoms with Crippen molar-refractivity contribution >= 4 is 5.91 Å². The van der Waals surface area contributed by atoms with Crippen molar-refractivity contribution in [3.05, 3.63) is 18.0 Å². The summed E-state index contributed by atoms with van der Waals surface area (Å²) in [4.78, 5) is 11.4. The molecule has 0 fully saturated rings. The number of hydrogen-bond acceptors (Lipinski definition) is 3. The van der Waals surface area contributed by atoms with Gasteiger partial charge in [0.05, 0.1) is 12.8 Å². The van der Waals surface area contributed by atoms with Crippen molar-refractivity contribution < 1.29 is 14.6 Å². The number of ether oxygens (including phenoxy) is 1. The summed E-state index contributed by atoms with van der Waals surface area (Å²) < 4.78 is 6.88. The van der Waals surface area contributed by atoms with E-state index >= 15 is 0 Å². The van der Waals surface area contributed by atoms with E-state index in [-0.39, 0.29) is 19.1 Å². The summed E-state index contributed by atoms with van der Waals surface area (Å²) in [5.41, 5.74) is 1.01.